The molecule has 3 rings (SSSR count). The van der Waals surface area contributed by atoms with Crippen molar-refractivity contribution >= 4 is 17.5 Å². The van der Waals surface area contributed by atoms with Crippen molar-refractivity contribution in [3.8, 4) is 5.75 Å². The molecule has 0 saturated carbocycles. The smallest absolute Gasteiger partial charge is 0.312 e. The lowest BCUT2D eigenvalue weighted by Gasteiger charge is -2.32. The first-order valence-electron chi connectivity index (χ1n) is 6.72. The Morgan fingerprint density at radius 1 is 1.24 bits per heavy atom. The predicted octanol–water partition coefficient (Wildman–Crippen LogP) is -0.0641. The third-order valence-electron chi connectivity index (χ3n) is 3.69. The molecule has 0 unspecified atom stereocenters. The van der Waals surface area contributed by atoms with Gasteiger partial charge >= 0.3 is 11.8 Å². The zero-order chi connectivity index (χ0) is 15.0. The van der Waals surface area contributed by atoms with E-state index in [1.807, 2.05) is 0 Å². The number of hydrogen-bond acceptors (Lipinski definition) is 5. The number of anilines is 1. The van der Waals surface area contributed by atoms with Gasteiger partial charge in [-0.15, -0.1) is 0 Å². The highest BCUT2D eigenvalue weighted by molar-refractivity contribution is 6.35. The molecule has 1 fully saturated rings. The summed E-state index contributed by atoms with van der Waals surface area (Å²) in [6.45, 7) is 1.95. The number of likely N-dealkylation sites (N-methyl/N-ethyl adjacent to an activating group) is 1. The molecule has 0 bridgehead atoms. The summed E-state index contributed by atoms with van der Waals surface area (Å²) in [5.74, 6) is -0.273. The summed E-state index contributed by atoms with van der Waals surface area (Å²) in [6.07, 6.45) is 0. The van der Waals surface area contributed by atoms with Crippen molar-refractivity contribution in [3.63, 3.8) is 0 Å². The maximum Gasteiger partial charge on any atom is 0.312 e. The fourth-order valence-electron chi connectivity index (χ4n) is 2.57. The number of fused-ring (bicyclic) bond motifs is 1. The highest BCUT2D eigenvalue weighted by atomic mass is 16.7. The summed E-state index contributed by atoms with van der Waals surface area (Å²) < 4.78 is 10.8. The summed E-state index contributed by atoms with van der Waals surface area (Å²) in [5, 5.41) is 0. The van der Waals surface area contributed by atoms with Gasteiger partial charge < -0.3 is 25.0 Å². The number of nitrogen functional groups attached to an aromatic ring is 1. The van der Waals surface area contributed by atoms with Crippen LogP contribution in [-0.4, -0.2) is 48.5 Å². The molecule has 1 aromatic carbocycles. The van der Waals surface area contributed by atoms with E-state index < -0.39 is 11.8 Å². The quantitative estimate of drug-likeness (QED) is 0.609. The molecule has 0 atom stereocenters. The molecule has 112 valence electrons. The molecular formula is C14H17N3O4. The topological polar surface area (TPSA) is 85.1 Å². The van der Waals surface area contributed by atoms with Gasteiger partial charge in [-0.05, 0) is 12.1 Å². The zero-order valence-corrected chi connectivity index (χ0v) is 11.8. The lowest BCUT2D eigenvalue weighted by Crippen LogP contribution is -2.52. The van der Waals surface area contributed by atoms with Gasteiger partial charge in [0.25, 0.3) is 0 Å². The average molecular weight is 291 g/mol. The number of benzene rings is 1. The Hall–Kier alpha value is -2.28. The number of piperazine rings is 1. The van der Waals surface area contributed by atoms with Gasteiger partial charge in [0.2, 0.25) is 0 Å². The Kier molecular flexibility index (Phi) is 3.42. The van der Waals surface area contributed by atoms with Crippen molar-refractivity contribution in [3.05, 3.63) is 23.3 Å². The molecule has 0 aromatic heterocycles. The Bertz CT molecular complexity index is 602. The van der Waals surface area contributed by atoms with Gasteiger partial charge in [-0.3, -0.25) is 9.59 Å². The van der Waals surface area contributed by atoms with E-state index in [0.29, 0.717) is 37.7 Å². The first-order chi connectivity index (χ1) is 10.1. The highest BCUT2D eigenvalue weighted by Crippen LogP contribution is 2.31. The van der Waals surface area contributed by atoms with Crippen LogP contribution in [0.2, 0.25) is 0 Å². The fraction of sp³-hybridized carbons (Fsp3) is 0.429. The zero-order valence-electron chi connectivity index (χ0n) is 11.8. The second-order valence-corrected chi connectivity index (χ2v) is 5.23. The monoisotopic (exact) mass is 291 g/mol. The standard InChI is InChI=1S/C14H17N3O4/c1-16-2-3-17(14(19)13(16)18)6-9-4-11(15)5-10-7-20-8-21-12(9)10/h4-5H,2-3,6-8,15H2,1H3. The minimum absolute atomic E-state index is 0.180. The van der Waals surface area contributed by atoms with Gasteiger partial charge in [0.15, 0.2) is 6.79 Å². The van der Waals surface area contributed by atoms with Crippen LogP contribution in [0.3, 0.4) is 0 Å². The Morgan fingerprint density at radius 2 is 2.05 bits per heavy atom. The number of carbonyl (C=O) groups excluding carboxylic acids is 2. The second-order valence-electron chi connectivity index (χ2n) is 5.23. The molecule has 2 amide bonds. The molecule has 7 nitrogen and oxygen atoms in total. The summed E-state index contributed by atoms with van der Waals surface area (Å²) in [6, 6.07) is 3.58. The number of amides is 2. The van der Waals surface area contributed by atoms with Crippen molar-refractivity contribution in [2.45, 2.75) is 13.2 Å². The summed E-state index contributed by atoms with van der Waals surface area (Å²) in [4.78, 5) is 26.7. The van der Waals surface area contributed by atoms with Crippen LogP contribution < -0.4 is 10.5 Å². The number of hydrogen-bond donors (Lipinski definition) is 1. The van der Waals surface area contributed by atoms with Crippen LogP contribution in [-0.2, 0) is 27.5 Å². The number of rotatable bonds is 2. The normalized spacial score (nSPS) is 18.5. The minimum Gasteiger partial charge on any atom is -0.467 e. The molecule has 0 aliphatic carbocycles. The van der Waals surface area contributed by atoms with E-state index in [0.717, 1.165) is 11.1 Å². The predicted molar refractivity (Wildman–Crippen MR) is 74.2 cm³/mol. The van der Waals surface area contributed by atoms with Gasteiger partial charge in [-0.2, -0.15) is 0 Å². The lowest BCUT2D eigenvalue weighted by molar-refractivity contribution is -0.155. The van der Waals surface area contributed by atoms with Crippen LogP contribution in [0.4, 0.5) is 5.69 Å². The van der Waals surface area contributed by atoms with E-state index in [-0.39, 0.29) is 6.79 Å². The number of ether oxygens (including phenoxy) is 2. The van der Waals surface area contributed by atoms with Gasteiger partial charge in [0, 0.05) is 43.5 Å². The van der Waals surface area contributed by atoms with E-state index in [2.05, 4.69) is 0 Å². The van der Waals surface area contributed by atoms with E-state index in [1.54, 1.807) is 19.2 Å². The molecule has 1 saturated heterocycles. The molecule has 1 aromatic rings. The average Bonchev–Trinajstić information content (AvgIpc) is 2.47. The molecule has 7 heteroatoms. The van der Waals surface area contributed by atoms with Crippen LogP contribution in [0, 0.1) is 0 Å². The first-order valence-corrected chi connectivity index (χ1v) is 6.72. The van der Waals surface area contributed by atoms with Crippen LogP contribution in [0.5, 0.6) is 5.75 Å². The van der Waals surface area contributed by atoms with E-state index in [4.69, 9.17) is 15.2 Å². The van der Waals surface area contributed by atoms with E-state index >= 15 is 0 Å². The molecular weight excluding hydrogens is 274 g/mol. The molecule has 0 spiro atoms. The Labute approximate surface area is 122 Å². The van der Waals surface area contributed by atoms with Gasteiger partial charge in [-0.25, -0.2) is 0 Å². The van der Waals surface area contributed by atoms with Crippen LogP contribution >= 0.6 is 0 Å². The largest absolute Gasteiger partial charge is 0.467 e. The van der Waals surface area contributed by atoms with E-state index in [1.165, 1.54) is 9.80 Å². The summed E-state index contributed by atoms with van der Waals surface area (Å²) >= 11 is 0. The molecule has 2 aliphatic rings. The Balaban J connectivity index is 1.86. The SMILES string of the molecule is CN1CCN(Cc2cc(N)cc3c2OCOC3)C(=O)C1=O. The maximum absolute atomic E-state index is 12.0. The summed E-state index contributed by atoms with van der Waals surface area (Å²) in [5.41, 5.74) is 8.14. The van der Waals surface area contributed by atoms with E-state index in [9.17, 15) is 9.59 Å². The van der Waals surface area contributed by atoms with Crippen LogP contribution in [0.15, 0.2) is 12.1 Å². The van der Waals surface area contributed by atoms with Crippen molar-refractivity contribution < 1.29 is 19.1 Å². The Morgan fingerprint density at radius 3 is 2.86 bits per heavy atom. The molecule has 2 heterocycles. The van der Waals surface area contributed by atoms with Gasteiger partial charge in [0.1, 0.15) is 5.75 Å². The number of carbonyl (C=O) groups is 2. The van der Waals surface area contributed by atoms with Gasteiger partial charge in [0.05, 0.1) is 6.61 Å². The molecule has 2 N–H and O–H groups in total. The van der Waals surface area contributed by atoms with Crippen molar-refractivity contribution in [1.82, 2.24) is 9.80 Å². The van der Waals surface area contributed by atoms with Crippen molar-refractivity contribution in [2.75, 3.05) is 32.7 Å². The van der Waals surface area contributed by atoms with Crippen LogP contribution in [0.25, 0.3) is 0 Å². The first kappa shape index (κ1) is 13.7. The van der Waals surface area contributed by atoms with Gasteiger partial charge in [-0.1, -0.05) is 0 Å². The van der Waals surface area contributed by atoms with Crippen molar-refractivity contribution in [2.24, 2.45) is 0 Å². The fourth-order valence-corrected chi connectivity index (χ4v) is 2.57. The third-order valence-corrected chi connectivity index (χ3v) is 3.69. The number of nitrogens with zero attached hydrogens (tertiary/aromatic N) is 2. The molecule has 2 aliphatic heterocycles. The maximum atomic E-state index is 12.0. The third kappa shape index (κ3) is 2.52. The lowest BCUT2D eigenvalue weighted by atomic mass is 10.1. The minimum atomic E-state index is -0.494. The molecule has 21 heavy (non-hydrogen) atoms. The number of nitrogens with two attached hydrogens (primary N) is 1. The van der Waals surface area contributed by atoms with Crippen molar-refractivity contribution in [1.29, 1.82) is 0 Å². The van der Waals surface area contributed by atoms with Crippen LogP contribution in [0.1, 0.15) is 11.1 Å². The highest BCUT2D eigenvalue weighted by Gasteiger charge is 2.31. The molecule has 0 radical (unpaired) electrons. The second kappa shape index (κ2) is 5.25. The summed E-state index contributed by atoms with van der Waals surface area (Å²) in [7, 11) is 1.63.